The Morgan fingerprint density at radius 3 is 2.58 bits per heavy atom. The van der Waals surface area contributed by atoms with E-state index >= 15 is 0 Å². The Morgan fingerprint density at radius 1 is 1.03 bits per heavy atom. The number of aromatic hydroxyl groups is 1. The van der Waals surface area contributed by atoms with E-state index in [-0.39, 0.29) is 5.75 Å². The molecule has 4 aromatic rings. The number of anilines is 3. The lowest BCUT2D eigenvalue weighted by atomic mass is 10.1. The minimum absolute atomic E-state index is 0.174. The summed E-state index contributed by atoms with van der Waals surface area (Å²) in [6, 6.07) is 13.9. The molecule has 2 atom stereocenters. The molecule has 0 radical (unpaired) electrons. The molecular formula is C27H26N8O. The van der Waals surface area contributed by atoms with Crippen LogP contribution in [0.5, 0.6) is 5.75 Å². The molecule has 2 aliphatic rings. The molecule has 3 N–H and O–H groups in total. The first-order valence-electron chi connectivity index (χ1n) is 12.0. The summed E-state index contributed by atoms with van der Waals surface area (Å²) in [7, 11) is 1.88. The van der Waals surface area contributed by atoms with Crippen LogP contribution in [-0.4, -0.2) is 55.2 Å². The van der Waals surface area contributed by atoms with Crippen LogP contribution in [0, 0.1) is 11.8 Å². The number of aryl methyl sites for hydroxylation is 1. The molecule has 2 saturated heterocycles. The summed E-state index contributed by atoms with van der Waals surface area (Å²) in [5, 5.41) is 22.9. The number of para-hydroxylation sites is 1. The predicted octanol–water partition coefficient (Wildman–Crippen LogP) is 2.82. The van der Waals surface area contributed by atoms with Crippen LogP contribution in [0.25, 0.3) is 11.3 Å². The van der Waals surface area contributed by atoms with Crippen molar-refractivity contribution in [2.45, 2.75) is 24.9 Å². The van der Waals surface area contributed by atoms with Gasteiger partial charge in [0.15, 0.2) is 5.82 Å². The van der Waals surface area contributed by atoms with Crippen LogP contribution < -0.4 is 15.5 Å². The molecule has 36 heavy (non-hydrogen) atoms. The molecule has 2 unspecified atom stereocenters. The zero-order valence-corrected chi connectivity index (χ0v) is 19.9. The number of phenolic OH excluding ortho intramolecular Hbond substituents is 1. The van der Waals surface area contributed by atoms with E-state index in [4.69, 9.17) is 5.73 Å². The van der Waals surface area contributed by atoms with Gasteiger partial charge in [-0.05, 0) is 49.1 Å². The average Bonchev–Trinajstić information content (AvgIpc) is 3.42. The highest BCUT2D eigenvalue weighted by atomic mass is 16.3. The third-order valence-electron chi connectivity index (χ3n) is 6.89. The van der Waals surface area contributed by atoms with E-state index in [9.17, 15) is 5.11 Å². The first-order chi connectivity index (χ1) is 17.5. The summed E-state index contributed by atoms with van der Waals surface area (Å²) < 4.78 is 1.74. The van der Waals surface area contributed by atoms with Gasteiger partial charge in [-0.1, -0.05) is 18.1 Å². The topological polar surface area (TPSA) is 109 Å². The number of hydrogen-bond donors (Lipinski definition) is 2. The highest BCUT2D eigenvalue weighted by molar-refractivity contribution is 5.74. The van der Waals surface area contributed by atoms with Crippen molar-refractivity contribution in [2.24, 2.45) is 7.05 Å². The van der Waals surface area contributed by atoms with Crippen molar-refractivity contribution in [3.8, 4) is 28.8 Å². The summed E-state index contributed by atoms with van der Waals surface area (Å²) in [5.41, 5.74) is 11.1. The van der Waals surface area contributed by atoms with Crippen molar-refractivity contribution in [3.63, 3.8) is 0 Å². The molecule has 6 rings (SSSR count). The van der Waals surface area contributed by atoms with E-state index in [2.05, 4.69) is 54.1 Å². The molecule has 5 heterocycles. The van der Waals surface area contributed by atoms with Gasteiger partial charge in [0.25, 0.3) is 0 Å². The second-order valence-electron chi connectivity index (χ2n) is 9.27. The van der Waals surface area contributed by atoms with E-state index in [1.807, 2.05) is 37.6 Å². The number of nitrogen functional groups attached to an aromatic ring is 1. The summed E-state index contributed by atoms with van der Waals surface area (Å²) in [6.07, 6.45) is 7.68. The first kappa shape index (κ1) is 21.9. The van der Waals surface area contributed by atoms with Gasteiger partial charge >= 0.3 is 0 Å². The Bertz CT molecular complexity index is 1470. The fourth-order valence-electron chi connectivity index (χ4n) is 5.26. The minimum Gasteiger partial charge on any atom is -0.507 e. The number of nitrogens with two attached hydrogens (primary N) is 1. The Morgan fingerprint density at radius 2 is 1.83 bits per heavy atom. The van der Waals surface area contributed by atoms with Gasteiger partial charge in [-0.3, -0.25) is 4.68 Å². The fraction of sp³-hybridized carbons (Fsp3) is 0.259. The van der Waals surface area contributed by atoms with Gasteiger partial charge in [0.05, 0.1) is 23.1 Å². The molecule has 1 aromatic carbocycles. The van der Waals surface area contributed by atoms with Crippen molar-refractivity contribution in [3.05, 3.63) is 72.3 Å². The third kappa shape index (κ3) is 4.07. The Kier molecular flexibility index (Phi) is 5.41. The standard InChI is InChI=1S/C27H26N8O/c1-33-15-18(14-30-33)6-7-19-12-20(10-11-29-19)35-21-8-9-22(35)17-34(16-21)25-13-24(31-32-27(25)28)23-4-2-3-5-26(23)36/h2-5,10-15,21-22,36H,8-9,16-17H2,1H3,(H2,28,32). The summed E-state index contributed by atoms with van der Waals surface area (Å²) in [6.45, 7) is 1.65. The van der Waals surface area contributed by atoms with Crippen molar-refractivity contribution in [1.29, 1.82) is 0 Å². The second-order valence-corrected chi connectivity index (χ2v) is 9.27. The molecule has 0 amide bonds. The van der Waals surface area contributed by atoms with Gasteiger partial charge in [0, 0.05) is 55.9 Å². The second kappa shape index (κ2) is 8.89. The number of pyridine rings is 1. The predicted molar refractivity (Wildman–Crippen MR) is 138 cm³/mol. The normalized spacial score (nSPS) is 18.7. The van der Waals surface area contributed by atoms with Gasteiger partial charge in [-0.25, -0.2) is 4.98 Å². The third-order valence-corrected chi connectivity index (χ3v) is 6.89. The Labute approximate surface area is 209 Å². The molecule has 2 bridgehead atoms. The monoisotopic (exact) mass is 478 g/mol. The van der Waals surface area contributed by atoms with Crippen molar-refractivity contribution < 1.29 is 5.11 Å². The largest absolute Gasteiger partial charge is 0.507 e. The van der Waals surface area contributed by atoms with Crippen LogP contribution in [0.3, 0.4) is 0 Å². The molecule has 9 nitrogen and oxygen atoms in total. The van der Waals surface area contributed by atoms with E-state index in [0.29, 0.717) is 29.2 Å². The van der Waals surface area contributed by atoms with Gasteiger partial charge in [0.2, 0.25) is 0 Å². The van der Waals surface area contributed by atoms with Crippen LogP contribution in [0.1, 0.15) is 24.1 Å². The zero-order chi connectivity index (χ0) is 24.6. The SMILES string of the molecule is Cn1cc(C#Cc2cc(N3C4CCC3CN(c3cc(-c5ccccc5O)nnc3N)C4)ccn2)cn1. The lowest BCUT2D eigenvalue weighted by Crippen LogP contribution is -2.54. The molecule has 0 aliphatic carbocycles. The van der Waals surface area contributed by atoms with Crippen LogP contribution in [0.15, 0.2) is 61.1 Å². The van der Waals surface area contributed by atoms with Crippen LogP contribution in [0.4, 0.5) is 17.2 Å². The van der Waals surface area contributed by atoms with Crippen molar-refractivity contribution in [2.75, 3.05) is 28.6 Å². The average molecular weight is 479 g/mol. The van der Waals surface area contributed by atoms with E-state index in [1.54, 1.807) is 23.0 Å². The maximum Gasteiger partial charge on any atom is 0.169 e. The molecular weight excluding hydrogens is 452 g/mol. The van der Waals surface area contributed by atoms with Gasteiger partial charge < -0.3 is 20.6 Å². The lowest BCUT2D eigenvalue weighted by molar-refractivity contribution is 0.477. The number of phenols is 1. The number of benzene rings is 1. The molecule has 0 saturated carbocycles. The molecule has 180 valence electrons. The first-order valence-corrected chi connectivity index (χ1v) is 12.0. The lowest BCUT2D eigenvalue weighted by Gasteiger charge is -2.43. The van der Waals surface area contributed by atoms with E-state index in [0.717, 1.165) is 48.6 Å². The number of nitrogens with zero attached hydrogens (tertiary/aromatic N) is 7. The smallest absolute Gasteiger partial charge is 0.169 e. The molecule has 2 fully saturated rings. The Balaban J connectivity index is 1.24. The quantitative estimate of drug-likeness (QED) is 0.433. The maximum atomic E-state index is 10.3. The fourth-order valence-corrected chi connectivity index (χ4v) is 5.26. The number of piperazine rings is 1. The van der Waals surface area contributed by atoms with Crippen LogP contribution >= 0.6 is 0 Å². The van der Waals surface area contributed by atoms with E-state index in [1.165, 1.54) is 0 Å². The molecule has 2 aliphatic heterocycles. The number of hydrogen-bond acceptors (Lipinski definition) is 8. The van der Waals surface area contributed by atoms with Crippen LogP contribution in [0.2, 0.25) is 0 Å². The van der Waals surface area contributed by atoms with Crippen molar-refractivity contribution in [1.82, 2.24) is 25.0 Å². The van der Waals surface area contributed by atoms with Crippen molar-refractivity contribution >= 4 is 17.2 Å². The summed E-state index contributed by atoms with van der Waals surface area (Å²) >= 11 is 0. The van der Waals surface area contributed by atoms with Gasteiger partial charge in [-0.2, -0.15) is 5.10 Å². The maximum absolute atomic E-state index is 10.3. The van der Waals surface area contributed by atoms with Crippen LogP contribution in [-0.2, 0) is 7.05 Å². The zero-order valence-electron chi connectivity index (χ0n) is 19.9. The highest BCUT2D eigenvalue weighted by Gasteiger charge is 2.40. The van der Waals surface area contributed by atoms with E-state index < -0.39 is 0 Å². The summed E-state index contributed by atoms with van der Waals surface area (Å²) in [5.74, 6) is 6.88. The van der Waals surface area contributed by atoms with Gasteiger partial charge in [-0.15, -0.1) is 10.2 Å². The number of aromatic nitrogens is 5. The highest BCUT2D eigenvalue weighted by Crippen LogP contribution is 2.38. The van der Waals surface area contributed by atoms with Gasteiger partial charge in [0.1, 0.15) is 11.4 Å². The molecule has 3 aromatic heterocycles. The molecule has 0 spiro atoms. The number of rotatable bonds is 3. The summed E-state index contributed by atoms with van der Waals surface area (Å²) in [4.78, 5) is 9.26. The molecule has 9 heteroatoms. The Hall–Kier alpha value is -4.58. The number of fused-ring (bicyclic) bond motifs is 2. The minimum atomic E-state index is 0.174.